The molecule has 0 aromatic heterocycles. The molecule has 0 bridgehead atoms. The van der Waals surface area contributed by atoms with Gasteiger partial charge >= 0.3 is 0 Å². The largest absolute Gasteiger partial charge is 0.343 e. The second-order valence-corrected chi connectivity index (χ2v) is 7.69. The maximum Gasteiger partial charge on any atom is 0.252 e. The van der Waals surface area contributed by atoms with Crippen LogP contribution in [-0.2, 0) is 0 Å². The molecule has 3 rings (SSSR count). The standard InChI is InChI=1S/C23H30N2O/c1-18-12-8-9-15-20(18)22(26)24-21(19-13-6-4-7-14-19)23(25(2)3)16-10-5-11-17-23/h4,6-9,12-15,21H,5,10-11,16-17H2,1-3H3,(H,24,26). The quantitative estimate of drug-likeness (QED) is 0.845. The summed E-state index contributed by atoms with van der Waals surface area (Å²) in [6, 6.07) is 18.2. The molecule has 26 heavy (non-hydrogen) atoms. The van der Waals surface area contributed by atoms with Gasteiger partial charge in [0.2, 0.25) is 0 Å². The van der Waals surface area contributed by atoms with E-state index >= 15 is 0 Å². The molecule has 1 unspecified atom stereocenters. The van der Waals surface area contributed by atoms with Crippen molar-refractivity contribution in [3.63, 3.8) is 0 Å². The highest BCUT2D eigenvalue weighted by molar-refractivity contribution is 5.95. The second-order valence-electron chi connectivity index (χ2n) is 7.69. The summed E-state index contributed by atoms with van der Waals surface area (Å²) in [7, 11) is 4.31. The van der Waals surface area contributed by atoms with Crippen LogP contribution >= 0.6 is 0 Å². The van der Waals surface area contributed by atoms with Crippen molar-refractivity contribution >= 4 is 5.91 Å². The molecule has 1 fully saturated rings. The van der Waals surface area contributed by atoms with Gasteiger partial charge in [0.25, 0.3) is 5.91 Å². The summed E-state index contributed by atoms with van der Waals surface area (Å²) >= 11 is 0. The zero-order chi connectivity index (χ0) is 18.6. The third-order valence-corrected chi connectivity index (χ3v) is 5.95. The molecule has 138 valence electrons. The van der Waals surface area contributed by atoms with Crippen molar-refractivity contribution in [2.75, 3.05) is 14.1 Å². The van der Waals surface area contributed by atoms with Gasteiger partial charge in [0, 0.05) is 11.1 Å². The molecule has 0 heterocycles. The summed E-state index contributed by atoms with van der Waals surface area (Å²) in [5.41, 5.74) is 2.92. The number of amides is 1. The van der Waals surface area contributed by atoms with E-state index < -0.39 is 0 Å². The van der Waals surface area contributed by atoms with Crippen molar-refractivity contribution in [1.29, 1.82) is 0 Å². The smallest absolute Gasteiger partial charge is 0.252 e. The Bertz CT molecular complexity index is 733. The van der Waals surface area contributed by atoms with E-state index in [0.717, 1.165) is 24.0 Å². The highest BCUT2D eigenvalue weighted by atomic mass is 16.1. The van der Waals surface area contributed by atoms with Crippen LogP contribution in [0.4, 0.5) is 0 Å². The minimum Gasteiger partial charge on any atom is -0.343 e. The summed E-state index contributed by atoms with van der Waals surface area (Å²) in [5.74, 6) is 0.0174. The maximum absolute atomic E-state index is 13.1. The Labute approximate surface area is 157 Å². The Morgan fingerprint density at radius 1 is 0.962 bits per heavy atom. The average molecular weight is 351 g/mol. The lowest BCUT2D eigenvalue weighted by molar-refractivity contribution is 0.0506. The van der Waals surface area contributed by atoms with E-state index in [2.05, 4.69) is 48.6 Å². The topological polar surface area (TPSA) is 32.3 Å². The van der Waals surface area contributed by atoms with Crippen LogP contribution in [0.5, 0.6) is 0 Å². The molecule has 1 N–H and O–H groups in total. The SMILES string of the molecule is Cc1ccccc1C(=O)NC(c1ccccc1)C1(N(C)C)CCCCC1. The van der Waals surface area contributed by atoms with Crippen LogP contribution in [0.15, 0.2) is 54.6 Å². The fourth-order valence-corrected chi connectivity index (χ4v) is 4.37. The highest BCUT2D eigenvalue weighted by Gasteiger charge is 2.43. The van der Waals surface area contributed by atoms with E-state index in [1.807, 2.05) is 37.3 Å². The van der Waals surface area contributed by atoms with Crippen molar-refractivity contribution in [3.8, 4) is 0 Å². The fraction of sp³-hybridized carbons (Fsp3) is 0.435. The molecule has 1 saturated carbocycles. The van der Waals surface area contributed by atoms with Gasteiger partial charge in [-0.25, -0.2) is 0 Å². The van der Waals surface area contributed by atoms with E-state index in [1.165, 1.54) is 24.8 Å². The Morgan fingerprint density at radius 3 is 2.19 bits per heavy atom. The number of hydrogen-bond donors (Lipinski definition) is 1. The zero-order valence-corrected chi connectivity index (χ0v) is 16.2. The summed E-state index contributed by atoms with van der Waals surface area (Å²) in [6.45, 7) is 1.99. The van der Waals surface area contributed by atoms with Crippen LogP contribution in [0.25, 0.3) is 0 Å². The maximum atomic E-state index is 13.1. The number of hydrogen-bond acceptors (Lipinski definition) is 2. The summed E-state index contributed by atoms with van der Waals surface area (Å²) in [4.78, 5) is 15.5. The summed E-state index contributed by atoms with van der Waals surface area (Å²) in [5, 5.41) is 3.40. The minimum absolute atomic E-state index is 0.0174. The van der Waals surface area contributed by atoms with Crippen LogP contribution in [-0.4, -0.2) is 30.4 Å². The molecule has 0 saturated heterocycles. The van der Waals surface area contributed by atoms with E-state index in [-0.39, 0.29) is 17.5 Å². The third-order valence-electron chi connectivity index (χ3n) is 5.95. The molecule has 0 aliphatic heterocycles. The molecular weight excluding hydrogens is 320 g/mol. The van der Waals surface area contributed by atoms with Crippen molar-refractivity contribution in [2.24, 2.45) is 0 Å². The lowest BCUT2D eigenvalue weighted by Crippen LogP contribution is -2.56. The molecule has 2 aromatic rings. The number of carbonyl (C=O) groups is 1. The summed E-state index contributed by atoms with van der Waals surface area (Å²) in [6.07, 6.45) is 5.91. The van der Waals surface area contributed by atoms with Gasteiger partial charge in [0.05, 0.1) is 6.04 Å². The van der Waals surface area contributed by atoms with Crippen LogP contribution < -0.4 is 5.32 Å². The predicted molar refractivity (Wildman–Crippen MR) is 107 cm³/mol. The van der Waals surface area contributed by atoms with Gasteiger partial charge in [0.1, 0.15) is 0 Å². The number of aryl methyl sites for hydroxylation is 1. The van der Waals surface area contributed by atoms with Crippen molar-refractivity contribution in [2.45, 2.75) is 50.6 Å². The van der Waals surface area contributed by atoms with Gasteiger partial charge < -0.3 is 10.2 Å². The van der Waals surface area contributed by atoms with Crippen LogP contribution in [0.3, 0.4) is 0 Å². The Hall–Kier alpha value is -2.13. The third kappa shape index (κ3) is 3.68. The number of nitrogens with one attached hydrogen (secondary N) is 1. The molecule has 0 spiro atoms. The van der Waals surface area contributed by atoms with Gasteiger partial charge in [-0.2, -0.15) is 0 Å². The Morgan fingerprint density at radius 2 is 1.58 bits per heavy atom. The molecule has 1 atom stereocenters. The first-order valence-corrected chi connectivity index (χ1v) is 9.63. The van der Waals surface area contributed by atoms with Crippen LogP contribution in [0.2, 0.25) is 0 Å². The molecule has 3 heteroatoms. The number of benzene rings is 2. The first-order chi connectivity index (χ1) is 12.5. The van der Waals surface area contributed by atoms with E-state index in [4.69, 9.17) is 0 Å². The Kier molecular flexibility index (Phi) is 5.77. The fourth-order valence-electron chi connectivity index (χ4n) is 4.37. The second kappa shape index (κ2) is 8.05. The van der Waals surface area contributed by atoms with Gasteiger partial charge in [-0.3, -0.25) is 4.79 Å². The van der Waals surface area contributed by atoms with Crippen molar-refractivity contribution in [3.05, 3.63) is 71.3 Å². The first-order valence-electron chi connectivity index (χ1n) is 9.63. The van der Waals surface area contributed by atoms with E-state index in [9.17, 15) is 4.79 Å². The molecule has 3 nitrogen and oxygen atoms in total. The summed E-state index contributed by atoms with van der Waals surface area (Å²) < 4.78 is 0. The first kappa shape index (κ1) is 18.7. The molecular formula is C23H30N2O. The Balaban J connectivity index is 1.99. The minimum atomic E-state index is -0.0437. The monoisotopic (exact) mass is 350 g/mol. The van der Waals surface area contributed by atoms with Crippen LogP contribution in [0.1, 0.15) is 59.6 Å². The van der Waals surface area contributed by atoms with Crippen LogP contribution in [0, 0.1) is 6.92 Å². The lowest BCUT2D eigenvalue weighted by atomic mass is 9.73. The predicted octanol–water partition coefficient (Wildman–Crippen LogP) is 4.73. The van der Waals surface area contributed by atoms with E-state index in [1.54, 1.807) is 0 Å². The number of likely N-dealkylation sites (N-methyl/N-ethyl adjacent to an activating group) is 1. The van der Waals surface area contributed by atoms with Gasteiger partial charge in [-0.15, -0.1) is 0 Å². The van der Waals surface area contributed by atoms with Crippen molar-refractivity contribution < 1.29 is 4.79 Å². The zero-order valence-electron chi connectivity index (χ0n) is 16.2. The van der Waals surface area contributed by atoms with Gasteiger partial charge in [-0.1, -0.05) is 67.8 Å². The molecule has 1 aliphatic rings. The van der Waals surface area contributed by atoms with Gasteiger partial charge in [-0.05, 0) is 51.1 Å². The molecule has 1 aliphatic carbocycles. The number of carbonyl (C=O) groups excluding carboxylic acids is 1. The number of nitrogens with zero attached hydrogens (tertiary/aromatic N) is 1. The van der Waals surface area contributed by atoms with E-state index in [0.29, 0.717) is 0 Å². The highest BCUT2D eigenvalue weighted by Crippen LogP contribution is 2.42. The molecule has 0 radical (unpaired) electrons. The van der Waals surface area contributed by atoms with Gasteiger partial charge in [0.15, 0.2) is 0 Å². The normalized spacial score (nSPS) is 17.7. The molecule has 1 amide bonds. The van der Waals surface area contributed by atoms with Crippen molar-refractivity contribution in [1.82, 2.24) is 10.2 Å². The molecule has 2 aromatic carbocycles. The number of rotatable bonds is 5. The lowest BCUT2D eigenvalue weighted by Gasteiger charge is -2.49. The average Bonchev–Trinajstić information content (AvgIpc) is 2.67.